The van der Waals surface area contributed by atoms with Gasteiger partial charge < -0.3 is 19.9 Å². The van der Waals surface area contributed by atoms with Gasteiger partial charge in [0, 0.05) is 5.56 Å². The number of nitrogens with zero attached hydrogens (tertiary/aromatic N) is 1. The van der Waals surface area contributed by atoms with Crippen molar-refractivity contribution in [2.24, 2.45) is 10.7 Å². The van der Waals surface area contributed by atoms with Gasteiger partial charge in [0.05, 0.1) is 14.2 Å². The Morgan fingerprint density at radius 3 is 2.43 bits per heavy atom. The Bertz CT molecular complexity index is 1130. The second kappa shape index (κ2) is 7.71. The van der Waals surface area contributed by atoms with E-state index >= 15 is 0 Å². The van der Waals surface area contributed by atoms with E-state index in [4.69, 9.17) is 19.9 Å². The van der Waals surface area contributed by atoms with Crippen molar-refractivity contribution in [2.45, 2.75) is 12.5 Å². The average molecular weight is 406 g/mol. The van der Waals surface area contributed by atoms with Crippen LogP contribution in [-0.4, -0.2) is 26.8 Å². The molecule has 3 aromatic rings. The molecule has 5 nitrogen and oxygen atoms in total. The van der Waals surface area contributed by atoms with Crippen LogP contribution in [0.2, 0.25) is 0 Å². The molecule has 1 aliphatic rings. The van der Waals surface area contributed by atoms with Crippen molar-refractivity contribution in [1.29, 1.82) is 0 Å². The van der Waals surface area contributed by atoms with Crippen LogP contribution in [0.3, 0.4) is 0 Å². The zero-order chi connectivity index (χ0) is 21.3. The minimum atomic E-state index is -0.873. The molecule has 1 aliphatic heterocycles. The highest BCUT2D eigenvalue weighted by Crippen LogP contribution is 2.41. The molecule has 30 heavy (non-hydrogen) atoms. The highest BCUT2D eigenvalue weighted by Gasteiger charge is 2.40. The van der Waals surface area contributed by atoms with E-state index < -0.39 is 5.54 Å². The number of amidine groups is 1. The molecule has 0 saturated carbocycles. The third-order valence-corrected chi connectivity index (χ3v) is 5.43. The van der Waals surface area contributed by atoms with Crippen molar-refractivity contribution >= 4 is 6.02 Å². The van der Waals surface area contributed by atoms with Crippen LogP contribution in [0.4, 0.5) is 4.39 Å². The normalized spacial score (nSPS) is 17.9. The Hall–Kier alpha value is -3.54. The van der Waals surface area contributed by atoms with Gasteiger partial charge in [0.15, 0.2) is 5.54 Å². The number of aliphatic imine (C=N–C) groups is 1. The van der Waals surface area contributed by atoms with Gasteiger partial charge in [-0.3, -0.25) is 0 Å². The molecule has 0 bridgehead atoms. The number of aryl methyl sites for hydroxylation is 1. The number of hydrogen-bond acceptors (Lipinski definition) is 5. The fourth-order valence-electron chi connectivity index (χ4n) is 3.82. The van der Waals surface area contributed by atoms with Crippen molar-refractivity contribution in [3.63, 3.8) is 0 Å². The molecule has 0 unspecified atom stereocenters. The first-order valence-electron chi connectivity index (χ1n) is 9.54. The number of benzene rings is 3. The van der Waals surface area contributed by atoms with Gasteiger partial charge in [-0.15, -0.1) is 0 Å². The summed E-state index contributed by atoms with van der Waals surface area (Å²) >= 11 is 0. The van der Waals surface area contributed by atoms with Crippen LogP contribution >= 0.6 is 0 Å². The largest absolute Gasteiger partial charge is 0.497 e. The number of halogens is 1. The molecule has 6 heteroatoms. The molecule has 2 N–H and O–H groups in total. The van der Waals surface area contributed by atoms with Gasteiger partial charge in [0.25, 0.3) is 6.02 Å². The van der Waals surface area contributed by atoms with Gasteiger partial charge >= 0.3 is 0 Å². The second-order valence-corrected chi connectivity index (χ2v) is 7.21. The smallest absolute Gasteiger partial charge is 0.283 e. The molecular weight excluding hydrogens is 383 g/mol. The summed E-state index contributed by atoms with van der Waals surface area (Å²) in [6.45, 7) is 2.19. The Morgan fingerprint density at radius 2 is 1.77 bits per heavy atom. The standard InChI is InChI=1S/C24H23FN2O3/c1-15-11-17(8-10-22(15)29-3)24(14-30-23(26)27-24)18-7-9-21(25)20(13-18)16-5-4-6-19(12-16)28-2/h4-13H,14H2,1-3H3,(H2,26,27)/t24-/m0/s1. The van der Waals surface area contributed by atoms with Crippen molar-refractivity contribution < 1.29 is 18.6 Å². The maximum atomic E-state index is 14.8. The summed E-state index contributed by atoms with van der Waals surface area (Å²) in [6.07, 6.45) is 0. The molecule has 0 spiro atoms. The molecule has 0 radical (unpaired) electrons. The Labute approximate surface area is 174 Å². The molecule has 3 aromatic carbocycles. The summed E-state index contributed by atoms with van der Waals surface area (Å²) < 4.78 is 31.0. The van der Waals surface area contributed by atoms with Crippen molar-refractivity contribution in [3.05, 3.63) is 83.2 Å². The van der Waals surface area contributed by atoms with E-state index in [9.17, 15) is 4.39 Å². The Balaban J connectivity index is 1.88. The summed E-state index contributed by atoms with van der Waals surface area (Å²) in [5.41, 5.74) is 8.84. The summed E-state index contributed by atoms with van der Waals surface area (Å²) in [4.78, 5) is 4.64. The van der Waals surface area contributed by atoms with Crippen LogP contribution in [0, 0.1) is 12.7 Å². The minimum absolute atomic E-state index is 0.107. The van der Waals surface area contributed by atoms with E-state index in [1.165, 1.54) is 6.07 Å². The number of methoxy groups -OCH3 is 2. The molecular formula is C24H23FN2O3. The summed E-state index contributed by atoms with van der Waals surface area (Å²) in [5, 5.41) is 0. The Kier molecular flexibility index (Phi) is 5.08. The van der Waals surface area contributed by atoms with Gasteiger partial charge in [-0.2, -0.15) is 0 Å². The lowest BCUT2D eigenvalue weighted by Gasteiger charge is -2.26. The maximum Gasteiger partial charge on any atom is 0.283 e. The van der Waals surface area contributed by atoms with Crippen LogP contribution < -0.4 is 15.2 Å². The molecule has 154 valence electrons. The zero-order valence-electron chi connectivity index (χ0n) is 17.1. The molecule has 0 saturated heterocycles. The summed E-state index contributed by atoms with van der Waals surface area (Å²) in [6, 6.07) is 18.2. The van der Waals surface area contributed by atoms with E-state index in [1.807, 2.05) is 43.3 Å². The third kappa shape index (κ3) is 3.34. The van der Waals surface area contributed by atoms with Crippen molar-refractivity contribution in [2.75, 3.05) is 20.8 Å². The molecule has 0 amide bonds. The van der Waals surface area contributed by atoms with Gasteiger partial charge in [0.2, 0.25) is 0 Å². The van der Waals surface area contributed by atoms with Crippen molar-refractivity contribution in [3.8, 4) is 22.6 Å². The predicted molar refractivity (Wildman–Crippen MR) is 114 cm³/mol. The first-order valence-corrected chi connectivity index (χ1v) is 9.54. The van der Waals surface area contributed by atoms with Crippen LogP contribution in [0.1, 0.15) is 16.7 Å². The topological polar surface area (TPSA) is 66.1 Å². The molecule has 4 rings (SSSR count). The fraction of sp³-hybridized carbons (Fsp3) is 0.208. The molecule has 0 fully saturated rings. The lowest BCUT2D eigenvalue weighted by molar-refractivity contribution is 0.278. The van der Waals surface area contributed by atoms with Gasteiger partial charge in [0.1, 0.15) is 23.9 Å². The maximum absolute atomic E-state index is 14.8. The number of rotatable bonds is 5. The third-order valence-electron chi connectivity index (χ3n) is 5.43. The van der Waals surface area contributed by atoms with Gasteiger partial charge in [-0.25, -0.2) is 9.38 Å². The lowest BCUT2D eigenvalue weighted by atomic mass is 9.82. The highest BCUT2D eigenvalue weighted by atomic mass is 19.1. The summed E-state index contributed by atoms with van der Waals surface area (Å²) in [5.74, 6) is 1.11. The predicted octanol–water partition coefficient (Wildman–Crippen LogP) is 4.41. The fourth-order valence-corrected chi connectivity index (χ4v) is 3.82. The van der Waals surface area contributed by atoms with Gasteiger partial charge in [-0.05, 0) is 65.6 Å². The lowest BCUT2D eigenvalue weighted by Crippen LogP contribution is -2.27. The van der Waals surface area contributed by atoms with Crippen LogP contribution in [0.5, 0.6) is 11.5 Å². The molecule has 1 atom stereocenters. The van der Waals surface area contributed by atoms with E-state index in [0.29, 0.717) is 16.9 Å². The van der Waals surface area contributed by atoms with E-state index in [2.05, 4.69) is 4.99 Å². The number of nitrogens with two attached hydrogens (primary N) is 1. The quantitative estimate of drug-likeness (QED) is 0.682. The van der Waals surface area contributed by atoms with E-state index in [-0.39, 0.29) is 18.4 Å². The molecule has 0 aliphatic carbocycles. The van der Waals surface area contributed by atoms with Crippen LogP contribution in [0.15, 0.2) is 65.7 Å². The zero-order valence-corrected chi connectivity index (χ0v) is 17.1. The van der Waals surface area contributed by atoms with Crippen molar-refractivity contribution in [1.82, 2.24) is 0 Å². The van der Waals surface area contributed by atoms with Crippen LogP contribution in [0.25, 0.3) is 11.1 Å². The SMILES string of the molecule is COc1cccc(-c2cc([C@@]3(c4ccc(OC)c(C)c4)COC(N)=N3)ccc2F)c1. The number of ether oxygens (including phenoxy) is 3. The van der Waals surface area contributed by atoms with Crippen LogP contribution in [-0.2, 0) is 10.3 Å². The minimum Gasteiger partial charge on any atom is -0.497 e. The average Bonchev–Trinajstić information content (AvgIpc) is 3.17. The van der Waals surface area contributed by atoms with Gasteiger partial charge in [-0.1, -0.05) is 24.3 Å². The first-order chi connectivity index (χ1) is 14.5. The molecule has 0 aromatic heterocycles. The highest BCUT2D eigenvalue weighted by molar-refractivity contribution is 5.76. The second-order valence-electron chi connectivity index (χ2n) is 7.21. The number of hydrogen-bond donors (Lipinski definition) is 1. The van der Waals surface area contributed by atoms with E-state index in [1.54, 1.807) is 32.4 Å². The van der Waals surface area contributed by atoms with E-state index in [0.717, 1.165) is 22.4 Å². The molecule has 1 heterocycles. The first kappa shape index (κ1) is 19.8. The monoisotopic (exact) mass is 406 g/mol. The summed E-state index contributed by atoms with van der Waals surface area (Å²) in [7, 11) is 3.22. The Morgan fingerprint density at radius 1 is 1.00 bits per heavy atom.